The Hall–Kier alpha value is -1.29. The Morgan fingerprint density at radius 1 is 1.57 bits per heavy atom. The van der Waals surface area contributed by atoms with Crippen LogP contribution in [0.25, 0.3) is 0 Å². The SMILES string of the molecule is COc1ccc(F)c(CC(C)N)c1O. The lowest BCUT2D eigenvalue weighted by Gasteiger charge is -2.11. The number of nitrogens with two attached hydrogens (primary N) is 1. The molecule has 0 fully saturated rings. The molecule has 0 radical (unpaired) electrons. The predicted octanol–water partition coefficient (Wildman–Crippen LogP) is 1.43. The maximum Gasteiger partial charge on any atom is 0.163 e. The molecule has 0 aromatic heterocycles. The first-order chi connectivity index (χ1) is 6.56. The van der Waals surface area contributed by atoms with Crippen LogP contribution in [0.4, 0.5) is 4.39 Å². The van der Waals surface area contributed by atoms with Gasteiger partial charge in [0.15, 0.2) is 11.5 Å². The van der Waals surface area contributed by atoms with Crippen molar-refractivity contribution < 1.29 is 14.2 Å². The number of ether oxygens (including phenoxy) is 1. The van der Waals surface area contributed by atoms with Crippen LogP contribution in [-0.2, 0) is 6.42 Å². The van der Waals surface area contributed by atoms with Gasteiger partial charge in [0.25, 0.3) is 0 Å². The number of hydrogen-bond acceptors (Lipinski definition) is 3. The van der Waals surface area contributed by atoms with Gasteiger partial charge in [-0.05, 0) is 25.5 Å². The highest BCUT2D eigenvalue weighted by Crippen LogP contribution is 2.32. The first-order valence-corrected chi connectivity index (χ1v) is 4.36. The minimum Gasteiger partial charge on any atom is -0.504 e. The molecule has 1 atom stereocenters. The molecule has 0 aliphatic heterocycles. The molecular weight excluding hydrogens is 185 g/mol. The molecule has 14 heavy (non-hydrogen) atoms. The van der Waals surface area contributed by atoms with E-state index in [0.717, 1.165) is 0 Å². The molecule has 3 nitrogen and oxygen atoms in total. The van der Waals surface area contributed by atoms with Crippen molar-refractivity contribution in [2.24, 2.45) is 5.73 Å². The van der Waals surface area contributed by atoms with Crippen molar-refractivity contribution in [3.8, 4) is 11.5 Å². The van der Waals surface area contributed by atoms with Crippen LogP contribution in [0.3, 0.4) is 0 Å². The third kappa shape index (κ3) is 2.14. The number of phenols is 1. The first kappa shape index (κ1) is 10.8. The second-order valence-electron chi connectivity index (χ2n) is 3.26. The Kier molecular flexibility index (Phi) is 3.30. The van der Waals surface area contributed by atoms with Crippen molar-refractivity contribution in [3.63, 3.8) is 0 Å². The standard InChI is InChI=1S/C10H14FNO2/c1-6(12)5-7-8(11)3-4-9(14-2)10(7)13/h3-4,6,13H,5,12H2,1-2H3. The summed E-state index contributed by atoms with van der Waals surface area (Å²) in [7, 11) is 1.42. The summed E-state index contributed by atoms with van der Waals surface area (Å²) in [6.07, 6.45) is 0.287. The van der Waals surface area contributed by atoms with Gasteiger partial charge in [0.05, 0.1) is 7.11 Å². The van der Waals surface area contributed by atoms with E-state index >= 15 is 0 Å². The van der Waals surface area contributed by atoms with Crippen molar-refractivity contribution in [2.75, 3.05) is 7.11 Å². The Morgan fingerprint density at radius 2 is 2.21 bits per heavy atom. The molecule has 0 aliphatic carbocycles. The van der Waals surface area contributed by atoms with Crippen molar-refractivity contribution in [1.82, 2.24) is 0 Å². The normalized spacial score (nSPS) is 12.6. The summed E-state index contributed by atoms with van der Waals surface area (Å²) < 4.78 is 18.1. The number of rotatable bonds is 3. The van der Waals surface area contributed by atoms with Crippen LogP contribution in [0, 0.1) is 5.82 Å². The molecule has 0 aliphatic rings. The number of phenolic OH excluding ortho intramolecular Hbond substituents is 1. The van der Waals surface area contributed by atoms with E-state index in [9.17, 15) is 9.50 Å². The molecule has 0 heterocycles. The van der Waals surface area contributed by atoms with Gasteiger partial charge < -0.3 is 15.6 Å². The third-order valence-electron chi connectivity index (χ3n) is 1.93. The van der Waals surface area contributed by atoms with Crippen molar-refractivity contribution in [1.29, 1.82) is 0 Å². The summed E-state index contributed by atoms with van der Waals surface area (Å²) in [6, 6.07) is 2.44. The number of methoxy groups -OCH3 is 1. The number of aromatic hydroxyl groups is 1. The lowest BCUT2D eigenvalue weighted by Crippen LogP contribution is -2.18. The molecular formula is C10H14FNO2. The third-order valence-corrected chi connectivity index (χ3v) is 1.93. The molecule has 3 N–H and O–H groups in total. The highest BCUT2D eigenvalue weighted by Gasteiger charge is 2.14. The van der Waals surface area contributed by atoms with Gasteiger partial charge >= 0.3 is 0 Å². The van der Waals surface area contributed by atoms with E-state index in [1.54, 1.807) is 6.92 Å². The van der Waals surface area contributed by atoms with Gasteiger partial charge in [0.2, 0.25) is 0 Å². The molecule has 0 amide bonds. The molecule has 0 spiro atoms. The van der Waals surface area contributed by atoms with Crippen LogP contribution < -0.4 is 10.5 Å². The zero-order chi connectivity index (χ0) is 10.7. The summed E-state index contributed by atoms with van der Waals surface area (Å²) in [5, 5.41) is 9.60. The maximum atomic E-state index is 13.3. The second-order valence-corrected chi connectivity index (χ2v) is 3.26. The quantitative estimate of drug-likeness (QED) is 0.774. The van der Waals surface area contributed by atoms with E-state index in [4.69, 9.17) is 10.5 Å². The molecule has 4 heteroatoms. The zero-order valence-corrected chi connectivity index (χ0v) is 8.25. The number of hydrogen-bond donors (Lipinski definition) is 2. The van der Waals surface area contributed by atoms with Crippen LogP contribution in [-0.4, -0.2) is 18.3 Å². The van der Waals surface area contributed by atoms with E-state index in [2.05, 4.69) is 0 Å². The molecule has 0 saturated carbocycles. The Morgan fingerprint density at radius 3 is 2.71 bits per heavy atom. The van der Waals surface area contributed by atoms with Gasteiger partial charge in [-0.3, -0.25) is 0 Å². The van der Waals surface area contributed by atoms with Gasteiger partial charge in [0.1, 0.15) is 5.82 Å². The zero-order valence-electron chi connectivity index (χ0n) is 8.25. The minimum atomic E-state index is -0.458. The molecule has 1 aromatic carbocycles. The van der Waals surface area contributed by atoms with Gasteiger partial charge in [-0.15, -0.1) is 0 Å². The largest absolute Gasteiger partial charge is 0.504 e. The molecule has 78 valence electrons. The fourth-order valence-corrected chi connectivity index (χ4v) is 1.27. The van der Waals surface area contributed by atoms with Crippen LogP contribution in [0.1, 0.15) is 12.5 Å². The smallest absolute Gasteiger partial charge is 0.163 e. The highest BCUT2D eigenvalue weighted by atomic mass is 19.1. The van der Waals surface area contributed by atoms with Crippen LogP contribution in [0.15, 0.2) is 12.1 Å². The average Bonchev–Trinajstić information content (AvgIpc) is 2.12. The first-order valence-electron chi connectivity index (χ1n) is 4.36. The lowest BCUT2D eigenvalue weighted by molar-refractivity contribution is 0.366. The van der Waals surface area contributed by atoms with E-state index in [1.165, 1.54) is 19.2 Å². The monoisotopic (exact) mass is 199 g/mol. The van der Waals surface area contributed by atoms with E-state index in [1.807, 2.05) is 0 Å². The van der Waals surface area contributed by atoms with E-state index < -0.39 is 5.82 Å². The summed E-state index contributed by atoms with van der Waals surface area (Å²) >= 11 is 0. The molecule has 1 unspecified atom stereocenters. The lowest BCUT2D eigenvalue weighted by atomic mass is 10.1. The molecule has 1 aromatic rings. The molecule has 1 rings (SSSR count). The number of benzene rings is 1. The second kappa shape index (κ2) is 4.28. The minimum absolute atomic E-state index is 0.162. The summed E-state index contributed by atoms with van der Waals surface area (Å²) in [6.45, 7) is 1.75. The Balaban J connectivity index is 3.11. The Labute approximate surface area is 82.3 Å². The predicted molar refractivity (Wildman–Crippen MR) is 52.0 cm³/mol. The van der Waals surface area contributed by atoms with Gasteiger partial charge in [-0.2, -0.15) is 0 Å². The van der Waals surface area contributed by atoms with Crippen LogP contribution >= 0.6 is 0 Å². The molecule has 0 saturated heterocycles. The Bertz CT molecular complexity index is 326. The van der Waals surface area contributed by atoms with Crippen molar-refractivity contribution >= 4 is 0 Å². The van der Waals surface area contributed by atoms with Crippen molar-refractivity contribution in [3.05, 3.63) is 23.5 Å². The van der Waals surface area contributed by atoms with Gasteiger partial charge in [-0.1, -0.05) is 0 Å². The topological polar surface area (TPSA) is 55.5 Å². The summed E-state index contributed by atoms with van der Waals surface area (Å²) in [4.78, 5) is 0. The fourth-order valence-electron chi connectivity index (χ4n) is 1.27. The van der Waals surface area contributed by atoms with Crippen LogP contribution in [0.5, 0.6) is 11.5 Å². The maximum absolute atomic E-state index is 13.3. The van der Waals surface area contributed by atoms with Crippen LogP contribution in [0.2, 0.25) is 0 Å². The molecule has 0 bridgehead atoms. The van der Waals surface area contributed by atoms with Crippen molar-refractivity contribution in [2.45, 2.75) is 19.4 Å². The van der Waals surface area contributed by atoms with E-state index in [-0.39, 0.29) is 29.5 Å². The van der Waals surface area contributed by atoms with Gasteiger partial charge in [-0.25, -0.2) is 4.39 Å². The number of halogens is 1. The average molecular weight is 199 g/mol. The summed E-state index contributed by atoms with van der Waals surface area (Å²) in [5.74, 6) is -0.354. The van der Waals surface area contributed by atoms with E-state index in [0.29, 0.717) is 0 Å². The highest BCUT2D eigenvalue weighted by molar-refractivity contribution is 5.46. The summed E-state index contributed by atoms with van der Waals surface area (Å²) in [5.41, 5.74) is 5.74. The van der Waals surface area contributed by atoms with Gasteiger partial charge in [0, 0.05) is 11.6 Å². The fraction of sp³-hybridized carbons (Fsp3) is 0.400.